The normalized spacial score (nSPS) is 17.9. The number of carbonyl (C=O) groups is 1. The van der Waals surface area contributed by atoms with Crippen LogP contribution in [0.4, 0.5) is 17.6 Å². The Hall–Kier alpha value is -3.19. The molecule has 3 N–H and O–H groups in total. The summed E-state index contributed by atoms with van der Waals surface area (Å²) in [5.74, 6) is -4.47. The van der Waals surface area contributed by atoms with Crippen LogP contribution in [-0.4, -0.2) is 61.5 Å². The van der Waals surface area contributed by atoms with Crippen molar-refractivity contribution >= 4 is 15.8 Å². The zero-order valence-electron chi connectivity index (χ0n) is 21.8. The molecule has 1 aliphatic heterocycles. The second kappa shape index (κ2) is 12.5. The molecule has 1 aliphatic rings. The van der Waals surface area contributed by atoms with Gasteiger partial charge in [-0.1, -0.05) is 12.1 Å². The maximum atomic E-state index is 14.9. The van der Waals surface area contributed by atoms with Gasteiger partial charge in [0.25, 0.3) is 0 Å². The minimum Gasteiger partial charge on any atom is -0.321 e. The van der Waals surface area contributed by atoms with Crippen LogP contribution >= 0.6 is 0 Å². The third-order valence-electron chi connectivity index (χ3n) is 7.11. The first-order valence-corrected chi connectivity index (χ1v) is 14.6. The number of halogens is 4. The molecule has 12 heteroatoms. The average molecular weight is 579 g/mol. The maximum Gasteiger partial charge on any atom is 0.211 e. The van der Waals surface area contributed by atoms with Crippen LogP contribution in [0.1, 0.15) is 34.6 Å². The number of nitrogens with zero attached hydrogens (tertiary/aromatic N) is 2. The van der Waals surface area contributed by atoms with E-state index in [9.17, 15) is 30.8 Å². The molecule has 0 saturated carbocycles. The number of rotatable bonds is 10. The number of nitrogens with one attached hydrogen (secondary N) is 1. The van der Waals surface area contributed by atoms with Gasteiger partial charge in [-0.05, 0) is 59.4 Å². The molecule has 0 radical (unpaired) electrons. The van der Waals surface area contributed by atoms with Crippen LogP contribution < -0.4 is 11.1 Å². The topological polar surface area (TPSA) is 105 Å². The van der Waals surface area contributed by atoms with Crippen LogP contribution in [0.25, 0.3) is 0 Å². The number of nitrogens with two attached hydrogens (primary N) is 1. The summed E-state index contributed by atoms with van der Waals surface area (Å²) >= 11 is 0. The van der Waals surface area contributed by atoms with Crippen molar-refractivity contribution in [3.8, 4) is 0 Å². The fourth-order valence-electron chi connectivity index (χ4n) is 5.19. The highest BCUT2D eigenvalue weighted by molar-refractivity contribution is 7.88. The molecule has 0 bridgehead atoms. The van der Waals surface area contributed by atoms with Gasteiger partial charge in [0.15, 0.2) is 5.78 Å². The number of aromatic nitrogens is 1. The number of piperazine rings is 1. The first-order chi connectivity index (χ1) is 18.9. The van der Waals surface area contributed by atoms with Crippen molar-refractivity contribution in [3.05, 3.63) is 100 Å². The van der Waals surface area contributed by atoms with E-state index in [1.165, 1.54) is 22.6 Å². The predicted octanol–water partition coefficient (Wildman–Crippen LogP) is 3.08. The largest absolute Gasteiger partial charge is 0.321 e. The summed E-state index contributed by atoms with van der Waals surface area (Å²) in [7, 11) is -3.46. The van der Waals surface area contributed by atoms with Gasteiger partial charge in [-0.3, -0.25) is 9.78 Å². The predicted molar refractivity (Wildman–Crippen MR) is 142 cm³/mol. The van der Waals surface area contributed by atoms with E-state index in [1.807, 2.05) is 0 Å². The molecule has 1 aromatic heterocycles. The van der Waals surface area contributed by atoms with E-state index in [4.69, 9.17) is 5.73 Å². The molecule has 7 nitrogen and oxygen atoms in total. The number of carbonyl (C=O) groups excluding carboxylic acids is 1. The molecule has 1 saturated heterocycles. The zero-order chi connectivity index (χ0) is 29.0. The van der Waals surface area contributed by atoms with Crippen molar-refractivity contribution in [3.63, 3.8) is 0 Å². The molecular weight excluding hydrogens is 548 g/mol. The van der Waals surface area contributed by atoms with Crippen LogP contribution in [0.15, 0.2) is 54.9 Å². The van der Waals surface area contributed by atoms with E-state index in [1.54, 1.807) is 0 Å². The Morgan fingerprint density at radius 1 is 1.05 bits per heavy atom. The highest BCUT2D eigenvalue weighted by Crippen LogP contribution is 2.30. The molecule has 0 amide bonds. The van der Waals surface area contributed by atoms with Gasteiger partial charge in [0.05, 0.1) is 18.5 Å². The van der Waals surface area contributed by atoms with Crippen LogP contribution in [-0.2, 0) is 27.7 Å². The molecular formula is C28H30F4N4O3S. The summed E-state index contributed by atoms with van der Waals surface area (Å²) in [6.45, 7) is 1.21. The summed E-state index contributed by atoms with van der Waals surface area (Å²) < 4.78 is 82.5. The van der Waals surface area contributed by atoms with E-state index >= 15 is 0 Å². The van der Waals surface area contributed by atoms with Crippen molar-refractivity contribution in [2.45, 2.75) is 37.3 Å². The molecule has 40 heavy (non-hydrogen) atoms. The standard InChI is InChI=1S/C28H30F4N4O3S/c1-40(38,39)36-9-8-34-15-23(36)6-7-24-19(14-35-16-25(24)32)12-26(37)28(33)27(17-2-4-20(29)5-3-17)18-10-21(30)13-22(31)11-18/h2-5,10-11,13-14,16,23,27-28,34H,6-9,12,15,33H2,1H3/t23-,27+,28-/m1/s1. The number of ketones is 1. The van der Waals surface area contributed by atoms with Crippen molar-refractivity contribution < 1.29 is 30.8 Å². The van der Waals surface area contributed by atoms with Crippen LogP contribution in [0.3, 0.4) is 0 Å². The van der Waals surface area contributed by atoms with E-state index in [0.717, 1.165) is 36.7 Å². The molecule has 3 atom stereocenters. The molecule has 2 aromatic carbocycles. The summed E-state index contributed by atoms with van der Waals surface area (Å²) in [5.41, 5.74) is 7.32. The number of hydrogen-bond acceptors (Lipinski definition) is 6. The minimum absolute atomic E-state index is 0.0909. The number of sulfonamides is 1. The van der Waals surface area contributed by atoms with E-state index in [2.05, 4.69) is 10.3 Å². The van der Waals surface area contributed by atoms with E-state index in [0.29, 0.717) is 37.7 Å². The Balaban J connectivity index is 1.59. The fourth-order valence-corrected chi connectivity index (χ4v) is 6.34. The molecule has 2 heterocycles. The Kier molecular flexibility index (Phi) is 9.34. The molecule has 0 spiro atoms. The third-order valence-corrected chi connectivity index (χ3v) is 8.45. The molecule has 1 fully saturated rings. The molecule has 3 aromatic rings. The molecule has 0 unspecified atom stereocenters. The quantitative estimate of drug-likeness (QED) is 0.359. The maximum absolute atomic E-state index is 14.9. The van der Waals surface area contributed by atoms with Gasteiger partial charge in [0.2, 0.25) is 10.0 Å². The lowest BCUT2D eigenvalue weighted by atomic mass is 9.82. The number of pyridine rings is 1. The van der Waals surface area contributed by atoms with E-state index in [-0.39, 0.29) is 29.5 Å². The number of hydrogen-bond donors (Lipinski definition) is 2. The Morgan fingerprint density at radius 3 is 2.38 bits per heavy atom. The lowest BCUT2D eigenvalue weighted by Crippen LogP contribution is -2.53. The lowest BCUT2D eigenvalue weighted by molar-refractivity contribution is -0.119. The Bertz CT molecular complexity index is 1450. The van der Waals surface area contributed by atoms with Gasteiger partial charge in [-0.2, -0.15) is 4.31 Å². The van der Waals surface area contributed by atoms with Gasteiger partial charge in [0.1, 0.15) is 23.3 Å². The average Bonchev–Trinajstić information content (AvgIpc) is 2.88. The van der Waals surface area contributed by atoms with Crippen LogP contribution in [0, 0.1) is 23.3 Å². The van der Waals surface area contributed by atoms with Crippen molar-refractivity contribution in [2.75, 3.05) is 25.9 Å². The van der Waals surface area contributed by atoms with Gasteiger partial charge < -0.3 is 11.1 Å². The van der Waals surface area contributed by atoms with Crippen LogP contribution in [0.5, 0.6) is 0 Å². The first-order valence-electron chi connectivity index (χ1n) is 12.7. The molecule has 214 valence electrons. The molecule has 0 aliphatic carbocycles. The second-order valence-corrected chi connectivity index (χ2v) is 11.9. The number of Topliss-reactive ketones (excluding diaryl/α,β-unsaturated/α-hetero) is 1. The SMILES string of the molecule is CS(=O)(=O)N1CCNC[C@H]1CCc1c(F)cncc1CC(=O)[C@@H](N)[C@@H](c1ccc(F)cc1)c1cc(F)cc(F)c1. The zero-order valence-corrected chi connectivity index (χ0v) is 22.6. The van der Waals surface area contributed by atoms with Crippen LogP contribution in [0.2, 0.25) is 0 Å². The second-order valence-electron chi connectivity index (χ2n) is 9.93. The fraction of sp³-hybridized carbons (Fsp3) is 0.357. The minimum atomic E-state index is -3.46. The van der Waals surface area contributed by atoms with Crippen molar-refractivity contribution in [1.29, 1.82) is 0 Å². The number of benzene rings is 2. The third kappa shape index (κ3) is 7.11. The summed E-state index contributed by atoms with van der Waals surface area (Å²) in [5, 5.41) is 3.14. The Labute approximate surface area is 230 Å². The summed E-state index contributed by atoms with van der Waals surface area (Å²) in [6.07, 6.45) is 3.62. The van der Waals surface area contributed by atoms with E-state index < -0.39 is 57.1 Å². The highest BCUT2D eigenvalue weighted by Gasteiger charge is 2.31. The summed E-state index contributed by atoms with van der Waals surface area (Å²) in [6, 6.07) is 6.19. The van der Waals surface area contributed by atoms with Gasteiger partial charge in [0, 0.05) is 50.3 Å². The Morgan fingerprint density at radius 2 is 1.73 bits per heavy atom. The smallest absolute Gasteiger partial charge is 0.211 e. The monoisotopic (exact) mass is 578 g/mol. The summed E-state index contributed by atoms with van der Waals surface area (Å²) in [4.78, 5) is 17.3. The van der Waals surface area contributed by atoms with Crippen molar-refractivity contribution in [1.82, 2.24) is 14.6 Å². The molecule has 4 rings (SSSR count). The highest BCUT2D eigenvalue weighted by atomic mass is 32.2. The van der Waals surface area contributed by atoms with Gasteiger partial charge >= 0.3 is 0 Å². The van der Waals surface area contributed by atoms with Gasteiger partial charge in [-0.15, -0.1) is 0 Å². The van der Waals surface area contributed by atoms with Crippen molar-refractivity contribution in [2.24, 2.45) is 5.73 Å². The van der Waals surface area contributed by atoms with Gasteiger partial charge in [-0.25, -0.2) is 26.0 Å². The first kappa shape index (κ1) is 29.8. The lowest BCUT2D eigenvalue weighted by Gasteiger charge is -2.34.